The van der Waals surface area contributed by atoms with Gasteiger partial charge in [0.2, 0.25) is 0 Å². The lowest BCUT2D eigenvalue weighted by molar-refractivity contribution is -0.139. The standard InChI is InChI=1S/C11H14F3NO2/c1-10(15,6-16)8-4-3-7(17-2)5-9(8)11(12,13)14/h3-5,16H,6,15H2,1-2H3. The number of alkyl halides is 3. The van der Waals surface area contributed by atoms with Crippen LogP contribution in [0.4, 0.5) is 13.2 Å². The van der Waals surface area contributed by atoms with E-state index in [0.29, 0.717) is 0 Å². The molecule has 0 amide bonds. The second-order valence-corrected chi connectivity index (χ2v) is 3.98. The van der Waals surface area contributed by atoms with Gasteiger partial charge in [0.15, 0.2) is 0 Å². The zero-order valence-corrected chi connectivity index (χ0v) is 9.51. The van der Waals surface area contributed by atoms with Crippen molar-refractivity contribution < 1.29 is 23.0 Å². The van der Waals surface area contributed by atoms with Crippen LogP contribution in [-0.4, -0.2) is 18.8 Å². The molecule has 1 aromatic rings. The number of methoxy groups -OCH3 is 1. The molecule has 0 saturated heterocycles. The first-order chi connectivity index (χ1) is 7.72. The summed E-state index contributed by atoms with van der Waals surface area (Å²) < 4.78 is 43.3. The van der Waals surface area contributed by atoms with Gasteiger partial charge in [-0.2, -0.15) is 13.2 Å². The molecule has 0 spiro atoms. The van der Waals surface area contributed by atoms with E-state index in [4.69, 9.17) is 15.6 Å². The first kappa shape index (κ1) is 13.8. The smallest absolute Gasteiger partial charge is 0.416 e. The van der Waals surface area contributed by atoms with Crippen molar-refractivity contribution in [2.24, 2.45) is 5.73 Å². The van der Waals surface area contributed by atoms with Gasteiger partial charge in [-0.05, 0) is 24.6 Å². The van der Waals surface area contributed by atoms with Crippen LogP contribution in [0.15, 0.2) is 18.2 Å². The Morgan fingerprint density at radius 3 is 2.29 bits per heavy atom. The molecule has 6 heteroatoms. The van der Waals surface area contributed by atoms with Gasteiger partial charge >= 0.3 is 6.18 Å². The van der Waals surface area contributed by atoms with Crippen molar-refractivity contribution in [3.63, 3.8) is 0 Å². The molecule has 0 radical (unpaired) electrons. The number of ether oxygens (including phenoxy) is 1. The van der Waals surface area contributed by atoms with Gasteiger partial charge in [-0.1, -0.05) is 6.07 Å². The predicted molar refractivity (Wildman–Crippen MR) is 56.6 cm³/mol. The molecule has 0 aliphatic heterocycles. The van der Waals surface area contributed by atoms with E-state index < -0.39 is 23.9 Å². The van der Waals surface area contributed by atoms with Crippen molar-refractivity contribution in [3.8, 4) is 5.75 Å². The summed E-state index contributed by atoms with van der Waals surface area (Å²) >= 11 is 0. The third-order valence-corrected chi connectivity index (χ3v) is 2.48. The maximum atomic E-state index is 12.8. The molecule has 3 N–H and O–H groups in total. The summed E-state index contributed by atoms with van der Waals surface area (Å²) in [4.78, 5) is 0. The number of benzene rings is 1. The fraction of sp³-hybridized carbons (Fsp3) is 0.455. The summed E-state index contributed by atoms with van der Waals surface area (Å²) in [5.41, 5.74) is 3.14. The minimum Gasteiger partial charge on any atom is -0.497 e. The summed E-state index contributed by atoms with van der Waals surface area (Å²) in [5.74, 6) is 0.0924. The molecule has 96 valence electrons. The highest BCUT2D eigenvalue weighted by molar-refractivity contribution is 5.41. The van der Waals surface area contributed by atoms with E-state index in [1.807, 2.05) is 0 Å². The average molecular weight is 249 g/mol. The largest absolute Gasteiger partial charge is 0.497 e. The number of hydrogen-bond acceptors (Lipinski definition) is 3. The molecule has 0 aliphatic carbocycles. The van der Waals surface area contributed by atoms with E-state index in [1.54, 1.807) is 0 Å². The molecule has 0 aromatic heterocycles. The Hall–Kier alpha value is -1.27. The molecular formula is C11H14F3NO2. The second kappa shape index (κ2) is 4.54. The van der Waals surface area contributed by atoms with Gasteiger partial charge in [-0.25, -0.2) is 0 Å². The molecule has 0 fully saturated rings. The zero-order chi connectivity index (χ0) is 13.3. The van der Waals surface area contributed by atoms with Crippen LogP contribution in [0.25, 0.3) is 0 Å². The average Bonchev–Trinajstić information content (AvgIpc) is 2.27. The Labute approximate surface area is 97.0 Å². The highest BCUT2D eigenvalue weighted by Crippen LogP contribution is 2.37. The number of halogens is 3. The van der Waals surface area contributed by atoms with Crippen molar-refractivity contribution in [1.29, 1.82) is 0 Å². The molecule has 0 heterocycles. The van der Waals surface area contributed by atoms with E-state index >= 15 is 0 Å². The van der Waals surface area contributed by atoms with Crippen LogP contribution in [-0.2, 0) is 11.7 Å². The normalized spacial score (nSPS) is 15.5. The van der Waals surface area contributed by atoms with Crippen LogP contribution in [0, 0.1) is 0 Å². The Bertz CT molecular complexity index is 402. The third-order valence-electron chi connectivity index (χ3n) is 2.48. The number of hydrogen-bond donors (Lipinski definition) is 2. The summed E-state index contributed by atoms with van der Waals surface area (Å²) in [5, 5.41) is 9.04. The van der Waals surface area contributed by atoms with Crippen LogP contribution >= 0.6 is 0 Å². The Kier molecular flexibility index (Phi) is 3.68. The van der Waals surface area contributed by atoms with Gasteiger partial charge in [0.05, 0.1) is 24.8 Å². The first-order valence-electron chi connectivity index (χ1n) is 4.88. The number of aliphatic hydroxyl groups is 1. The van der Waals surface area contributed by atoms with Crippen molar-refractivity contribution in [1.82, 2.24) is 0 Å². The van der Waals surface area contributed by atoms with E-state index in [-0.39, 0.29) is 11.3 Å². The van der Waals surface area contributed by atoms with Crippen molar-refractivity contribution in [2.75, 3.05) is 13.7 Å². The summed E-state index contributed by atoms with van der Waals surface area (Å²) in [6, 6.07) is 3.47. The van der Waals surface area contributed by atoms with E-state index in [0.717, 1.165) is 6.07 Å². The molecule has 1 atom stereocenters. The number of nitrogens with two attached hydrogens (primary N) is 1. The minimum absolute atomic E-state index is 0.0924. The van der Waals surface area contributed by atoms with Gasteiger partial charge in [-0.15, -0.1) is 0 Å². The SMILES string of the molecule is COc1ccc(C(C)(N)CO)c(C(F)(F)F)c1. The summed E-state index contributed by atoms with van der Waals surface area (Å²) in [6.45, 7) is 0.756. The predicted octanol–water partition coefficient (Wildman–Crippen LogP) is 1.88. The van der Waals surface area contributed by atoms with E-state index in [9.17, 15) is 13.2 Å². The lowest BCUT2D eigenvalue weighted by Gasteiger charge is -2.26. The fourth-order valence-corrected chi connectivity index (χ4v) is 1.47. The molecule has 1 aromatic carbocycles. The number of rotatable bonds is 3. The van der Waals surface area contributed by atoms with Crippen molar-refractivity contribution >= 4 is 0 Å². The zero-order valence-electron chi connectivity index (χ0n) is 9.51. The van der Waals surface area contributed by atoms with Gasteiger partial charge in [0, 0.05) is 0 Å². The quantitative estimate of drug-likeness (QED) is 0.860. The third kappa shape index (κ3) is 2.89. The van der Waals surface area contributed by atoms with Crippen LogP contribution < -0.4 is 10.5 Å². The molecular weight excluding hydrogens is 235 g/mol. The van der Waals surface area contributed by atoms with Gasteiger partial charge in [-0.3, -0.25) is 0 Å². The Balaban J connectivity index is 3.41. The topological polar surface area (TPSA) is 55.5 Å². The maximum Gasteiger partial charge on any atom is 0.416 e. The van der Waals surface area contributed by atoms with Crippen LogP contribution in [0.1, 0.15) is 18.1 Å². The monoisotopic (exact) mass is 249 g/mol. The minimum atomic E-state index is -4.54. The van der Waals surface area contributed by atoms with Gasteiger partial charge in [0.25, 0.3) is 0 Å². The Morgan fingerprint density at radius 1 is 1.29 bits per heavy atom. The van der Waals surface area contributed by atoms with E-state index in [1.165, 1.54) is 26.2 Å². The van der Waals surface area contributed by atoms with Gasteiger partial charge in [0.1, 0.15) is 5.75 Å². The van der Waals surface area contributed by atoms with Gasteiger partial charge < -0.3 is 15.6 Å². The lowest BCUT2D eigenvalue weighted by atomic mass is 9.89. The molecule has 0 saturated carbocycles. The summed E-state index contributed by atoms with van der Waals surface area (Å²) in [7, 11) is 1.28. The van der Waals surface area contributed by atoms with E-state index in [2.05, 4.69) is 0 Å². The van der Waals surface area contributed by atoms with Crippen LogP contribution in [0.3, 0.4) is 0 Å². The molecule has 1 rings (SSSR count). The lowest BCUT2D eigenvalue weighted by Crippen LogP contribution is -2.39. The molecule has 3 nitrogen and oxygen atoms in total. The number of aliphatic hydroxyl groups excluding tert-OH is 1. The molecule has 1 unspecified atom stereocenters. The second-order valence-electron chi connectivity index (χ2n) is 3.98. The molecule has 17 heavy (non-hydrogen) atoms. The fourth-order valence-electron chi connectivity index (χ4n) is 1.47. The molecule has 0 aliphatic rings. The molecule has 0 bridgehead atoms. The highest BCUT2D eigenvalue weighted by Gasteiger charge is 2.38. The Morgan fingerprint density at radius 2 is 1.88 bits per heavy atom. The summed E-state index contributed by atoms with van der Waals surface area (Å²) in [6.07, 6.45) is -4.54. The van der Waals surface area contributed by atoms with Crippen LogP contribution in [0.5, 0.6) is 5.75 Å². The first-order valence-corrected chi connectivity index (χ1v) is 4.88. The van der Waals surface area contributed by atoms with Crippen molar-refractivity contribution in [2.45, 2.75) is 18.6 Å². The highest BCUT2D eigenvalue weighted by atomic mass is 19.4. The van der Waals surface area contributed by atoms with Crippen molar-refractivity contribution in [3.05, 3.63) is 29.3 Å². The van der Waals surface area contributed by atoms with Crippen LogP contribution in [0.2, 0.25) is 0 Å². The maximum absolute atomic E-state index is 12.8.